The summed E-state index contributed by atoms with van der Waals surface area (Å²) in [5.41, 5.74) is -1.92. The summed E-state index contributed by atoms with van der Waals surface area (Å²) in [6, 6.07) is 3.88. The molecular formula is C25H31ClFN5O5. The van der Waals surface area contributed by atoms with Gasteiger partial charge in [0.15, 0.2) is 0 Å². The molecule has 0 aliphatic carbocycles. The van der Waals surface area contributed by atoms with E-state index in [1.807, 2.05) is 20.8 Å². The largest absolute Gasteiger partial charge is 0.444 e. The van der Waals surface area contributed by atoms with E-state index in [1.165, 1.54) is 23.2 Å². The Morgan fingerprint density at radius 1 is 1.24 bits per heavy atom. The highest BCUT2D eigenvalue weighted by Crippen LogP contribution is 2.31. The van der Waals surface area contributed by atoms with Gasteiger partial charge in [-0.25, -0.2) is 9.18 Å². The first-order valence-corrected chi connectivity index (χ1v) is 12.5. The lowest BCUT2D eigenvalue weighted by molar-refractivity contribution is -0.149. The van der Waals surface area contributed by atoms with Crippen LogP contribution in [0.15, 0.2) is 30.6 Å². The van der Waals surface area contributed by atoms with Crippen LogP contribution in [0.3, 0.4) is 0 Å². The molecule has 2 saturated heterocycles. The fourth-order valence-corrected chi connectivity index (χ4v) is 4.75. The lowest BCUT2D eigenvalue weighted by atomic mass is 10.0. The third kappa shape index (κ3) is 6.04. The van der Waals surface area contributed by atoms with Crippen molar-refractivity contribution in [3.63, 3.8) is 0 Å². The number of hydrogen-bond donors (Lipinski definition) is 2. The summed E-state index contributed by atoms with van der Waals surface area (Å²) in [7, 11) is 0. The molecule has 0 spiro atoms. The molecule has 2 aliphatic heterocycles. The highest BCUT2D eigenvalue weighted by atomic mass is 35.5. The van der Waals surface area contributed by atoms with Gasteiger partial charge in [0, 0.05) is 43.8 Å². The van der Waals surface area contributed by atoms with Gasteiger partial charge in [0.2, 0.25) is 5.60 Å². The smallest absolute Gasteiger partial charge is 0.410 e. The van der Waals surface area contributed by atoms with Gasteiger partial charge in [0.25, 0.3) is 11.8 Å². The quantitative estimate of drug-likeness (QED) is 0.568. The Labute approximate surface area is 219 Å². The number of likely N-dealkylation sites (tertiary alicyclic amines) is 1. The molecule has 2 aromatic rings. The summed E-state index contributed by atoms with van der Waals surface area (Å²) in [6.07, 6.45) is 4.14. The number of rotatable bonds is 5. The van der Waals surface area contributed by atoms with Gasteiger partial charge in [-0.3, -0.25) is 14.3 Å². The van der Waals surface area contributed by atoms with Gasteiger partial charge < -0.3 is 25.0 Å². The Hall–Kier alpha value is -3.18. The minimum Gasteiger partial charge on any atom is -0.444 e. The lowest BCUT2D eigenvalue weighted by Crippen LogP contribution is -2.52. The van der Waals surface area contributed by atoms with Gasteiger partial charge in [0.05, 0.1) is 17.9 Å². The third-order valence-electron chi connectivity index (χ3n) is 6.44. The number of aromatic nitrogens is 2. The number of anilines is 1. The van der Waals surface area contributed by atoms with E-state index in [9.17, 15) is 23.9 Å². The summed E-state index contributed by atoms with van der Waals surface area (Å²) in [5, 5.41) is 18.0. The van der Waals surface area contributed by atoms with E-state index in [-0.39, 0.29) is 36.7 Å². The van der Waals surface area contributed by atoms with Crippen LogP contribution in [0.2, 0.25) is 5.02 Å². The summed E-state index contributed by atoms with van der Waals surface area (Å²) in [6.45, 7) is 6.57. The molecular weight excluding hydrogens is 505 g/mol. The predicted octanol–water partition coefficient (Wildman–Crippen LogP) is 3.03. The van der Waals surface area contributed by atoms with Crippen LogP contribution in [0, 0.1) is 5.82 Å². The van der Waals surface area contributed by atoms with Crippen LogP contribution in [0.25, 0.3) is 0 Å². The number of ether oxygens (including phenoxy) is 1. The fourth-order valence-electron chi connectivity index (χ4n) is 4.51. The number of halogens is 2. The number of piperidine rings is 1. The van der Waals surface area contributed by atoms with Crippen molar-refractivity contribution >= 4 is 35.2 Å². The Morgan fingerprint density at radius 2 is 1.95 bits per heavy atom. The molecule has 3 amide bonds. The summed E-state index contributed by atoms with van der Waals surface area (Å²) in [5.74, 6) is -2.16. The van der Waals surface area contributed by atoms with E-state index >= 15 is 0 Å². The van der Waals surface area contributed by atoms with Crippen LogP contribution in [0.4, 0.5) is 14.9 Å². The molecule has 1 atom stereocenters. The van der Waals surface area contributed by atoms with Crippen molar-refractivity contribution in [3.05, 3.63) is 47.0 Å². The second-order valence-electron chi connectivity index (χ2n) is 10.4. The second-order valence-corrected chi connectivity index (χ2v) is 10.8. The SMILES string of the molecule is CC(C)(C)OC(=O)N1CCC(n2cc(N3CCC(O)(C(=O)NCc4cc(F)cc(Cl)c4)C3=O)cn2)CC1. The highest BCUT2D eigenvalue weighted by molar-refractivity contribution is 6.30. The maximum Gasteiger partial charge on any atom is 0.410 e. The van der Waals surface area contributed by atoms with E-state index in [0.717, 1.165) is 6.07 Å². The molecule has 0 radical (unpaired) electrons. The monoisotopic (exact) mass is 535 g/mol. The number of hydrogen-bond acceptors (Lipinski definition) is 6. The second kappa shape index (κ2) is 10.3. The molecule has 4 rings (SSSR count). The molecule has 2 N–H and O–H groups in total. The Kier molecular flexibility index (Phi) is 7.48. The van der Waals surface area contributed by atoms with Crippen molar-refractivity contribution in [2.24, 2.45) is 0 Å². The zero-order valence-electron chi connectivity index (χ0n) is 21.0. The molecule has 2 fully saturated rings. The Balaban J connectivity index is 1.34. The van der Waals surface area contributed by atoms with E-state index < -0.39 is 28.8 Å². The van der Waals surface area contributed by atoms with Crippen molar-refractivity contribution in [2.45, 2.75) is 63.8 Å². The molecule has 1 unspecified atom stereocenters. The maximum absolute atomic E-state index is 13.5. The first kappa shape index (κ1) is 26.9. The van der Waals surface area contributed by atoms with Crippen LogP contribution in [-0.4, -0.2) is 68.5 Å². The maximum atomic E-state index is 13.5. The molecule has 2 aliphatic rings. The number of amides is 3. The van der Waals surface area contributed by atoms with Gasteiger partial charge in [-0.05, 0) is 57.4 Å². The normalized spacial score (nSPS) is 20.9. The molecule has 0 bridgehead atoms. The Bertz CT molecular complexity index is 1170. The number of benzene rings is 1. The van der Waals surface area contributed by atoms with Crippen LogP contribution in [0.5, 0.6) is 0 Å². The molecule has 37 heavy (non-hydrogen) atoms. The molecule has 12 heteroatoms. The molecule has 3 heterocycles. The summed E-state index contributed by atoms with van der Waals surface area (Å²) < 4.78 is 20.7. The van der Waals surface area contributed by atoms with Gasteiger partial charge in [0.1, 0.15) is 11.4 Å². The number of carbonyl (C=O) groups excluding carboxylic acids is 3. The zero-order chi connectivity index (χ0) is 27.0. The van der Waals surface area contributed by atoms with E-state index in [4.69, 9.17) is 16.3 Å². The van der Waals surface area contributed by atoms with E-state index in [1.54, 1.807) is 15.8 Å². The molecule has 10 nitrogen and oxygen atoms in total. The van der Waals surface area contributed by atoms with Gasteiger partial charge in [-0.2, -0.15) is 5.10 Å². The molecule has 200 valence electrons. The van der Waals surface area contributed by atoms with Crippen LogP contribution >= 0.6 is 11.6 Å². The van der Waals surface area contributed by atoms with Gasteiger partial charge in [-0.1, -0.05) is 11.6 Å². The number of carbonyl (C=O) groups is 3. The first-order valence-electron chi connectivity index (χ1n) is 12.2. The summed E-state index contributed by atoms with van der Waals surface area (Å²) in [4.78, 5) is 41.1. The number of nitrogens with zero attached hydrogens (tertiary/aromatic N) is 4. The van der Waals surface area contributed by atoms with Crippen molar-refractivity contribution in [3.8, 4) is 0 Å². The lowest BCUT2D eigenvalue weighted by Gasteiger charge is -2.33. The Morgan fingerprint density at radius 3 is 2.59 bits per heavy atom. The average molecular weight is 536 g/mol. The van der Waals surface area contributed by atoms with Crippen molar-refractivity contribution < 1.29 is 28.6 Å². The standard InChI is InChI=1S/C25H31ClFN5O5/c1-24(2,3)37-23(35)30-7-4-19(5-8-30)32-15-20(14-29-32)31-9-6-25(36,22(31)34)21(33)28-13-16-10-17(26)12-18(27)11-16/h10-12,14-15,19,36H,4-9,13H2,1-3H3,(H,28,33). The van der Waals surface area contributed by atoms with Crippen molar-refractivity contribution in [2.75, 3.05) is 24.5 Å². The minimum atomic E-state index is -2.24. The van der Waals surface area contributed by atoms with E-state index in [2.05, 4.69) is 10.4 Å². The average Bonchev–Trinajstić information content (AvgIpc) is 3.41. The van der Waals surface area contributed by atoms with Crippen molar-refractivity contribution in [1.29, 1.82) is 0 Å². The number of aliphatic hydroxyl groups is 1. The number of nitrogens with one attached hydrogen (secondary N) is 1. The topological polar surface area (TPSA) is 117 Å². The zero-order valence-corrected chi connectivity index (χ0v) is 21.8. The summed E-state index contributed by atoms with van der Waals surface area (Å²) >= 11 is 5.84. The minimum absolute atomic E-state index is 0.0328. The first-order chi connectivity index (χ1) is 17.4. The van der Waals surface area contributed by atoms with Crippen LogP contribution in [-0.2, 0) is 20.9 Å². The third-order valence-corrected chi connectivity index (χ3v) is 6.66. The fraction of sp³-hybridized carbons (Fsp3) is 0.520. The van der Waals surface area contributed by atoms with Crippen LogP contribution < -0.4 is 10.2 Å². The molecule has 0 saturated carbocycles. The molecule has 1 aromatic carbocycles. The van der Waals surface area contributed by atoms with Crippen molar-refractivity contribution in [1.82, 2.24) is 20.0 Å². The highest BCUT2D eigenvalue weighted by Gasteiger charge is 2.52. The van der Waals surface area contributed by atoms with E-state index in [0.29, 0.717) is 37.2 Å². The van der Waals surface area contributed by atoms with Gasteiger partial charge in [-0.15, -0.1) is 0 Å². The predicted molar refractivity (Wildman–Crippen MR) is 133 cm³/mol. The molecule has 1 aromatic heterocycles. The van der Waals surface area contributed by atoms with Crippen LogP contribution in [0.1, 0.15) is 51.6 Å². The van der Waals surface area contributed by atoms with Gasteiger partial charge >= 0.3 is 6.09 Å².